The van der Waals surface area contributed by atoms with E-state index in [1.54, 1.807) is 30.3 Å². The van der Waals surface area contributed by atoms with Crippen molar-refractivity contribution >= 4 is 17.6 Å². The molecule has 1 aliphatic rings. The van der Waals surface area contributed by atoms with Crippen LogP contribution in [-0.2, 0) is 19.1 Å². The highest BCUT2D eigenvalue weighted by molar-refractivity contribution is 6.06. The van der Waals surface area contributed by atoms with Crippen molar-refractivity contribution < 1.29 is 32.6 Å². The third-order valence-corrected chi connectivity index (χ3v) is 5.09. The second-order valence-electron chi connectivity index (χ2n) is 6.75. The summed E-state index contributed by atoms with van der Waals surface area (Å²) in [6.07, 6.45) is 0. The number of rotatable bonds is 5. The Bertz CT molecular complexity index is 1220. The topological polar surface area (TPSA) is 115 Å². The van der Waals surface area contributed by atoms with E-state index in [2.05, 4.69) is 0 Å². The molecule has 10 heteroatoms. The summed E-state index contributed by atoms with van der Waals surface area (Å²) in [5, 5.41) is 9.93. The van der Waals surface area contributed by atoms with Gasteiger partial charge in [-0.25, -0.2) is 18.4 Å². The zero-order valence-electron chi connectivity index (χ0n) is 17.9. The Morgan fingerprint density at radius 2 is 1.67 bits per heavy atom. The number of nitrogens with zero attached hydrogens (tertiary/aromatic N) is 2. The average Bonchev–Trinajstić information content (AvgIpc) is 2.83. The minimum atomic E-state index is -1.21. The van der Waals surface area contributed by atoms with Crippen molar-refractivity contribution in [1.82, 2.24) is 0 Å². The molecule has 0 radical (unpaired) electrons. The maximum Gasteiger partial charge on any atom is 0.355 e. The predicted molar refractivity (Wildman–Crippen MR) is 112 cm³/mol. The number of halogens is 2. The first-order valence-corrected chi connectivity index (χ1v) is 9.49. The maximum absolute atomic E-state index is 15.2. The van der Waals surface area contributed by atoms with Gasteiger partial charge < -0.3 is 19.9 Å². The fraction of sp³-hybridized carbons (Fsp3) is 0.174. The number of methoxy groups -OCH3 is 3. The van der Waals surface area contributed by atoms with Crippen LogP contribution in [0.3, 0.4) is 0 Å². The van der Waals surface area contributed by atoms with Crippen molar-refractivity contribution in [2.24, 2.45) is 5.73 Å². The average molecular weight is 455 g/mol. The predicted octanol–water partition coefficient (Wildman–Crippen LogP) is 2.87. The van der Waals surface area contributed by atoms with Crippen molar-refractivity contribution in [2.75, 3.05) is 26.2 Å². The number of carbonyl (C=O) groups is 2. The van der Waals surface area contributed by atoms with Crippen molar-refractivity contribution in [3.63, 3.8) is 0 Å². The van der Waals surface area contributed by atoms with Gasteiger partial charge in [-0.2, -0.15) is 5.26 Å². The lowest BCUT2D eigenvalue weighted by atomic mass is 9.81. The molecule has 8 nitrogen and oxygen atoms in total. The smallest absolute Gasteiger partial charge is 0.355 e. The van der Waals surface area contributed by atoms with Crippen LogP contribution < -0.4 is 15.4 Å². The zero-order chi connectivity index (χ0) is 24.3. The molecule has 0 fully saturated rings. The first kappa shape index (κ1) is 23.3. The van der Waals surface area contributed by atoms with Gasteiger partial charge >= 0.3 is 11.9 Å². The molecule has 1 unspecified atom stereocenters. The Hall–Kier alpha value is -4.39. The van der Waals surface area contributed by atoms with E-state index in [0.717, 1.165) is 26.4 Å². The molecule has 3 rings (SSSR count). The number of nitriles is 1. The van der Waals surface area contributed by atoms with Crippen LogP contribution in [0.5, 0.6) is 5.75 Å². The zero-order valence-corrected chi connectivity index (χ0v) is 17.9. The minimum Gasteiger partial charge on any atom is -0.494 e. The molecule has 0 bridgehead atoms. The van der Waals surface area contributed by atoms with Crippen LogP contribution in [0.4, 0.5) is 14.5 Å². The van der Waals surface area contributed by atoms with E-state index in [0.29, 0.717) is 10.5 Å². The molecule has 2 N–H and O–H groups in total. The molecule has 0 saturated carbocycles. The summed E-state index contributed by atoms with van der Waals surface area (Å²) < 4.78 is 44.8. The van der Waals surface area contributed by atoms with E-state index in [1.807, 2.05) is 6.07 Å². The second kappa shape index (κ2) is 9.40. The number of benzene rings is 2. The molecular formula is C23H19F2N3O5. The van der Waals surface area contributed by atoms with Gasteiger partial charge in [-0.05, 0) is 17.7 Å². The summed E-state index contributed by atoms with van der Waals surface area (Å²) >= 11 is 0. The fourth-order valence-corrected chi connectivity index (χ4v) is 3.63. The summed E-state index contributed by atoms with van der Waals surface area (Å²) in [5.41, 5.74) is 4.62. The van der Waals surface area contributed by atoms with Gasteiger partial charge in [0.05, 0.1) is 44.5 Å². The van der Waals surface area contributed by atoms with E-state index >= 15 is 4.39 Å². The van der Waals surface area contributed by atoms with Crippen molar-refractivity contribution in [3.05, 3.63) is 82.3 Å². The number of anilines is 1. The lowest BCUT2D eigenvalue weighted by Crippen LogP contribution is -2.41. The first-order chi connectivity index (χ1) is 15.8. The number of ether oxygens (including phenoxy) is 3. The van der Waals surface area contributed by atoms with E-state index < -0.39 is 46.7 Å². The standard InChI is InChI=1S/C23H19F2N3O5/c1-31-15-10-9-14(24)19(18(15)25)28-20(23(30)33-3)17(22(29)32-2)16(13(11-26)21(28)27)12-7-5-4-6-8-12/h4-10,16H,27H2,1-3H3. The highest BCUT2D eigenvalue weighted by atomic mass is 19.1. The Morgan fingerprint density at radius 3 is 2.21 bits per heavy atom. The van der Waals surface area contributed by atoms with Gasteiger partial charge in [-0.3, -0.25) is 4.90 Å². The summed E-state index contributed by atoms with van der Waals surface area (Å²) in [4.78, 5) is 26.5. The molecule has 0 aromatic heterocycles. The van der Waals surface area contributed by atoms with E-state index in [4.69, 9.17) is 19.9 Å². The van der Waals surface area contributed by atoms with Crippen LogP contribution in [0.2, 0.25) is 0 Å². The summed E-state index contributed by atoms with van der Waals surface area (Å²) in [7, 11) is 3.26. The van der Waals surface area contributed by atoms with Crippen LogP contribution in [-0.4, -0.2) is 33.3 Å². The fourth-order valence-electron chi connectivity index (χ4n) is 3.63. The Kier molecular flexibility index (Phi) is 6.63. The van der Waals surface area contributed by atoms with Crippen LogP contribution >= 0.6 is 0 Å². The Labute approximate surface area is 188 Å². The molecule has 0 amide bonds. The Morgan fingerprint density at radius 1 is 1.03 bits per heavy atom. The number of hydrogen-bond acceptors (Lipinski definition) is 8. The van der Waals surface area contributed by atoms with Crippen LogP contribution in [0.25, 0.3) is 0 Å². The molecule has 2 aromatic rings. The number of hydrogen-bond donors (Lipinski definition) is 1. The van der Waals surface area contributed by atoms with Gasteiger partial charge in [0.25, 0.3) is 0 Å². The molecule has 1 atom stereocenters. The van der Waals surface area contributed by atoms with Gasteiger partial charge in [0, 0.05) is 0 Å². The van der Waals surface area contributed by atoms with Crippen molar-refractivity contribution in [3.8, 4) is 11.8 Å². The SMILES string of the molecule is COC(=O)C1=C(C(=O)OC)N(c2c(F)ccc(OC)c2F)C(N)=C(C#N)C1c1ccccc1. The second-order valence-corrected chi connectivity index (χ2v) is 6.75. The normalized spacial score (nSPS) is 15.8. The Balaban J connectivity index is 2.49. The molecular weight excluding hydrogens is 436 g/mol. The monoisotopic (exact) mass is 455 g/mol. The van der Waals surface area contributed by atoms with Gasteiger partial charge in [-0.1, -0.05) is 30.3 Å². The third-order valence-electron chi connectivity index (χ3n) is 5.09. The molecule has 170 valence electrons. The molecule has 0 aliphatic carbocycles. The van der Waals surface area contributed by atoms with Gasteiger partial charge in [0.15, 0.2) is 17.4 Å². The highest BCUT2D eigenvalue weighted by Gasteiger charge is 2.44. The third kappa shape index (κ3) is 3.85. The molecule has 1 heterocycles. The van der Waals surface area contributed by atoms with Crippen LogP contribution in [0.1, 0.15) is 11.5 Å². The quantitative estimate of drug-likeness (QED) is 0.685. The molecule has 1 aliphatic heterocycles. The van der Waals surface area contributed by atoms with Crippen LogP contribution in [0.15, 0.2) is 65.1 Å². The minimum absolute atomic E-state index is 0.226. The maximum atomic E-state index is 15.2. The van der Waals surface area contributed by atoms with Gasteiger partial charge in [-0.15, -0.1) is 0 Å². The molecule has 0 saturated heterocycles. The van der Waals surface area contributed by atoms with E-state index in [1.165, 1.54) is 7.11 Å². The van der Waals surface area contributed by atoms with E-state index in [-0.39, 0.29) is 16.9 Å². The summed E-state index contributed by atoms with van der Waals surface area (Å²) in [6.45, 7) is 0. The van der Waals surface area contributed by atoms with Crippen molar-refractivity contribution in [2.45, 2.75) is 5.92 Å². The number of nitrogens with two attached hydrogens (primary N) is 1. The number of esters is 2. The first-order valence-electron chi connectivity index (χ1n) is 9.49. The number of allylic oxidation sites excluding steroid dienone is 1. The van der Waals surface area contributed by atoms with Gasteiger partial charge in [0.1, 0.15) is 17.2 Å². The lowest BCUT2D eigenvalue weighted by Gasteiger charge is -2.36. The van der Waals surface area contributed by atoms with E-state index in [9.17, 15) is 19.2 Å². The largest absolute Gasteiger partial charge is 0.494 e. The van der Waals surface area contributed by atoms with Crippen molar-refractivity contribution in [1.29, 1.82) is 5.26 Å². The summed E-state index contributed by atoms with van der Waals surface area (Å²) in [5.74, 6) is -6.46. The molecule has 0 spiro atoms. The number of carbonyl (C=O) groups excluding carboxylic acids is 2. The highest BCUT2D eigenvalue weighted by Crippen LogP contribution is 2.45. The van der Waals surface area contributed by atoms with Crippen LogP contribution in [0, 0.1) is 23.0 Å². The molecule has 2 aromatic carbocycles. The summed E-state index contributed by atoms with van der Waals surface area (Å²) in [6, 6.07) is 12.1. The lowest BCUT2D eigenvalue weighted by molar-refractivity contribution is -0.139. The van der Waals surface area contributed by atoms with Gasteiger partial charge in [0.2, 0.25) is 0 Å². The molecule has 33 heavy (non-hydrogen) atoms.